The molecule has 0 radical (unpaired) electrons. The third-order valence-electron chi connectivity index (χ3n) is 1.55. The van der Waals surface area contributed by atoms with Crippen LogP contribution in [0.5, 0.6) is 0 Å². The molecule has 7 nitrogen and oxygen atoms in total. The molecule has 0 aromatic carbocycles. The molecule has 15 heavy (non-hydrogen) atoms. The molecule has 0 unspecified atom stereocenters. The summed E-state index contributed by atoms with van der Waals surface area (Å²) in [5.41, 5.74) is 4.55. The van der Waals surface area contributed by atoms with Crippen LogP contribution in [0.2, 0.25) is 0 Å². The van der Waals surface area contributed by atoms with Crippen LogP contribution < -0.4 is 5.73 Å². The molecule has 1 rings (SSSR count). The van der Waals surface area contributed by atoms with E-state index in [2.05, 4.69) is 14.7 Å². The van der Waals surface area contributed by atoms with Gasteiger partial charge in [0.25, 0.3) is 0 Å². The molecule has 0 amide bonds. The predicted octanol–water partition coefficient (Wildman–Crippen LogP) is -0.470. The van der Waals surface area contributed by atoms with E-state index in [1.54, 1.807) is 6.07 Å². The number of aldehydes is 1. The van der Waals surface area contributed by atoms with Crippen LogP contribution >= 0.6 is 0 Å². The Morgan fingerprint density at radius 3 is 2.73 bits per heavy atom. The van der Waals surface area contributed by atoms with E-state index in [-0.39, 0.29) is 22.9 Å². The first kappa shape index (κ1) is 10.6. The summed E-state index contributed by atoms with van der Waals surface area (Å²) in [5, 5.41) is 8.56. The van der Waals surface area contributed by atoms with Crippen LogP contribution in [0.15, 0.2) is 0 Å². The number of carbonyl (C=O) groups is 2. The number of hydrogen-bond acceptors (Lipinski definition) is 7. The molecular formula is C8H6N4O3. The second-order valence-electron chi connectivity index (χ2n) is 2.41. The zero-order chi connectivity index (χ0) is 11.4. The number of esters is 1. The average molecular weight is 206 g/mol. The van der Waals surface area contributed by atoms with Crippen LogP contribution in [0.3, 0.4) is 0 Å². The molecule has 76 valence electrons. The number of anilines is 1. The highest BCUT2D eigenvalue weighted by atomic mass is 16.5. The molecule has 1 heterocycles. The lowest BCUT2D eigenvalue weighted by atomic mass is 10.3. The topological polar surface area (TPSA) is 119 Å². The van der Waals surface area contributed by atoms with Gasteiger partial charge in [0.05, 0.1) is 7.11 Å². The first-order chi connectivity index (χ1) is 7.13. The smallest absolute Gasteiger partial charge is 0.359 e. The number of nitrogen functional groups attached to an aromatic ring is 1. The Hall–Kier alpha value is -2.49. The third kappa shape index (κ3) is 1.88. The van der Waals surface area contributed by atoms with Crippen LogP contribution in [0.4, 0.5) is 5.82 Å². The van der Waals surface area contributed by atoms with Gasteiger partial charge >= 0.3 is 5.97 Å². The van der Waals surface area contributed by atoms with Gasteiger partial charge in [-0.1, -0.05) is 0 Å². The average Bonchev–Trinajstić information content (AvgIpc) is 2.27. The number of rotatable bonds is 2. The number of nitrogens with zero attached hydrogens (tertiary/aromatic N) is 3. The fraction of sp³-hybridized carbons (Fsp3) is 0.125. The Labute approximate surface area is 84.5 Å². The van der Waals surface area contributed by atoms with Gasteiger partial charge in [-0.25, -0.2) is 14.8 Å². The van der Waals surface area contributed by atoms with E-state index in [4.69, 9.17) is 11.0 Å². The first-order valence-electron chi connectivity index (χ1n) is 3.75. The molecule has 0 aliphatic rings. The highest BCUT2D eigenvalue weighted by molar-refractivity contribution is 5.95. The van der Waals surface area contributed by atoms with Crippen molar-refractivity contribution in [2.75, 3.05) is 12.8 Å². The Morgan fingerprint density at radius 2 is 2.27 bits per heavy atom. The molecule has 0 aliphatic carbocycles. The summed E-state index contributed by atoms with van der Waals surface area (Å²) in [6.45, 7) is 0. The van der Waals surface area contributed by atoms with Crippen molar-refractivity contribution >= 4 is 18.1 Å². The zero-order valence-corrected chi connectivity index (χ0v) is 7.72. The van der Waals surface area contributed by atoms with Crippen molar-refractivity contribution in [2.24, 2.45) is 0 Å². The number of ether oxygens (including phenoxy) is 1. The van der Waals surface area contributed by atoms with Gasteiger partial charge < -0.3 is 10.5 Å². The van der Waals surface area contributed by atoms with Crippen LogP contribution in [0.1, 0.15) is 26.7 Å². The second-order valence-corrected chi connectivity index (χ2v) is 2.41. The van der Waals surface area contributed by atoms with Crippen molar-refractivity contribution in [3.63, 3.8) is 0 Å². The number of nitriles is 1. The summed E-state index contributed by atoms with van der Waals surface area (Å²) in [5.74, 6) is -1.05. The van der Waals surface area contributed by atoms with E-state index in [1.165, 1.54) is 0 Å². The van der Waals surface area contributed by atoms with Gasteiger partial charge in [-0.05, 0) is 0 Å². The number of nitrogens with two attached hydrogens (primary N) is 1. The first-order valence-corrected chi connectivity index (χ1v) is 3.75. The van der Waals surface area contributed by atoms with E-state index < -0.39 is 5.97 Å². The molecule has 0 fully saturated rings. The summed E-state index contributed by atoms with van der Waals surface area (Å²) < 4.78 is 4.37. The minimum atomic E-state index is -0.833. The van der Waals surface area contributed by atoms with Crippen LogP contribution in [0.25, 0.3) is 0 Å². The van der Waals surface area contributed by atoms with Gasteiger partial charge in [0.1, 0.15) is 11.8 Å². The SMILES string of the molecule is COC(=O)c1nc(N)c(C#N)nc1C=O. The van der Waals surface area contributed by atoms with Crippen molar-refractivity contribution in [1.82, 2.24) is 9.97 Å². The summed E-state index contributed by atoms with van der Waals surface area (Å²) in [6.07, 6.45) is 0.305. The number of methoxy groups -OCH3 is 1. The molecule has 2 N–H and O–H groups in total. The molecule has 0 spiro atoms. The van der Waals surface area contributed by atoms with Gasteiger partial charge in [-0.2, -0.15) is 5.26 Å². The monoisotopic (exact) mass is 206 g/mol. The molecule has 0 atom stereocenters. The fourth-order valence-electron chi connectivity index (χ4n) is 0.873. The lowest BCUT2D eigenvalue weighted by molar-refractivity contribution is 0.0591. The fourth-order valence-corrected chi connectivity index (χ4v) is 0.873. The van der Waals surface area contributed by atoms with E-state index >= 15 is 0 Å². The van der Waals surface area contributed by atoms with E-state index in [0.29, 0.717) is 6.29 Å². The Bertz CT molecular complexity index is 464. The maximum Gasteiger partial charge on any atom is 0.359 e. The van der Waals surface area contributed by atoms with Crippen molar-refractivity contribution in [2.45, 2.75) is 0 Å². The van der Waals surface area contributed by atoms with Crippen LogP contribution in [0, 0.1) is 11.3 Å². The Balaban J connectivity index is 3.41. The summed E-state index contributed by atoms with van der Waals surface area (Å²) in [4.78, 5) is 28.8. The van der Waals surface area contributed by atoms with Crippen LogP contribution in [-0.2, 0) is 4.74 Å². The second kappa shape index (κ2) is 4.15. The molecule has 0 saturated heterocycles. The number of hydrogen-bond donors (Lipinski definition) is 1. The maximum atomic E-state index is 11.1. The van der Waals surface area contributed by atoms with Crippen molar-refractivity contribution in [3.8, 4) is 6.07 Å². The highest BCUT2D eigenvalue weighted by Gasteiger charge is 2.18. The third-order valence-corrected chi connectivity index (χ3v) is 1.55. The molecule has 0 aliphatic heterocycles. The van der Waals surface area contributed by atoms with E-state index in [9.17, 15) is 9.59 Å². The van der Waals surface area contributed by atoms with E-state index in [0.717, 1.165) is 7.11 Å². The van der Waals surface area contributed by atoms with Crippen molar-refractivity contribution in [1.29, 1.82) is 5.26 Å². The molecule has 1 aromatic rings. The molecule has 0 saturated carbocycles. The summed E-state index contributed by atoms with van der Waals surface area (Å²) >= 11 is 0. The highest BCUT2D eigenvalue weighted by Crippen LogP contribution is 2.09. The molecular weight excluding hydrogens is 200 g/mol. The number of aromatic nitrogens is 2. The minimum absolute atomic E-state index is 0.204. The Kier molecular flexibility index (Phi) is 2.93. The predicted molar refractivity (Wildman–Crippen MR) is 47.9 cm³/mol. The van der Waals surface area contributed by atoms with Gasteiger partial charge in [0, 0.05) is 0 Å². The summed E-state index contributed by atoms with van der Waals surface area (Å²) in [6, 6.07) is 1.64. The van der Waals surface area contributed by atoms with Crippen LogP contribution in [-0.4, -0.2) is 29.3 Å². The largest absolute Gasteiger partial charge is 0.464 e. The molecule has 7 heteroatoms. The lowest BCUT2D eigenvalue weighted by Crippen LogP contribution is -2.13. The maximum absolute atomic E-state index is 11.1. The summed E-state index contributed by atoms with van der Waals surface area (Å²) in [7, 11) is 1.13. The van der Waals surface area contributed by atoms with Gasteiger partial charge in [-0.3, -0.25) is 4.79 Å². The van der Waals surface area contributed by atoms with E-state index in [1.807, 2.05) is 0 Å². The normalized spacial score (nSPS) is 9.07. The molecule has 1 aromatic heterocycles. The quantitative estimate of drug-likeness (QED) is 0.513. The molecule has 0 bridgehead atoms. The lowest BCUT2D eigenvalue weighted by Gasteiger charge is -2.02. The standard InChI is InChI=1S/C8H6N4O3/c1-15-8(14)6-5(3-13)11-4(2-9)7(10)12-6/h3H,1H3,(H2,10,12). The zero-order valence-electron chi connectivity index (χ0n) is 7.72. The van der Waals surface area contributed by atoms with Gasteiger partial charge in [0.2, 0.25) is 0 Å². The van der Waals surface area contributed by atoms with Crippen molar-refractivity contribution < 1.29 is 14.3 Å². The number of carbonyl (C=O) groups excluding carboxylic acids is 2. The minimum Gasteiger partial charge on any atom is -0.464 e. The Morgan fingerprint density at radius 1 is 1.60 bits per heavy atom. The van der Waals surface area contributed by atoms with Crippen molar-refractivity contribution in [3.05, 3.63) is 17.1 Å². The van der Waals surface area contributed by atoms with Gasteiger partial charge in [0.15, 0.2) is 23.5 Å². The van der Waals surface area contributed by atoms with Gasteiger partial charge in [-0.15, -0.1) is 0 Å².